The van der Waals surface area contributed by atoms with Crippen molar-refractivity contribution in [1.82, 2.24) is 4.90 Å². The Morgan fingerprint density at radius 1 is 1.13 bits per heavy atom. The number of hydrazone groups is 1. The fraction of sp³-hybridized carbons (Fsp3) is 0.316. The van der Waals surface area contributed by atoms with Gasteiger partial charge >= 0.3 is 10.1 Å². The van der Waals surface area contributed by atoms with Crippen LogP contribution in [0.5, 0.6) is 11.5 Å². The zero-order valence-electron chi connectivity index (χ0n) is 15.9. The fourth-order valence-electron chi connectivity index (χ4n) is 3.03. The summed E-state index contributed by atoms with van der Waals surface area (Å²) in [5.41, 5.74) is 0. The maximum Gasteiger partial charge on any atom is 0.340 e. The van der Waals surface area contributed by atoms with E-state index in [2.05, 4.69) is 10.0 Å². The number of hydrogen-bond acceptors (Lipinski definition) is 6. The fourth-order valence-corrected chi connectivity index (χ4v) is 4.66. The molecule has 2 aromatic carbocycles. The van der Waals surface area contributed by atoms with Gasteiger partial charge in [0.2, 0.25) is 0 Å². The van der Waals surface area contributed by atoms with Crippen molar-refractivity contribution in [2.45, 2.75) is 17.7 Å². The summed E-state index contributed by atoms with van der Waals surface area (Å²) < 4.78 is 36.1. The first-order chi connectivity index (χ1) is 13.9. The van der Waals surface area contributed by atoms with E-state index in [9.17, 15) is 8.42 Å². The molecule has 1 aliphatic rings. The van der Waals surface area contributed by atoms with Crippen molar-refractivity contribution >= 4 is 52.1 Å². The Balaban J connectivity index is 0.00000320. The van der Waals surface area contributed by atoms with E-state index in [0.717, 1.165) is 25.9 Å². The molecule has 0 saturated carbocycles. The predicted octanol–water partition coefficient (Wildman–Crippen LogP) is 4.18. The average Bonchev–Trinajstić information content (AvgIpc) is 2.67. The van der Waals surface area contributed by atoms with Crippen molar-refractivity contribution in [3.8, 4) is 11.5 Å². The van der Waals surface area contributed by atoms with E-state index in [1.54, 1.807) is 24.5 Å². The second kappa shape index (κ2) is 10.9. The minimum absolute atomic E-state index is 0. The van der Waals surface area contributed by atoms with Crippen LogP contribution in [0.1, 0.15) is 12.8 Å². The van der Waals surface area contributed by atoms with Gasteiger partial charge in [-0.05, 0) is 37.0 Å². The molecule has 1 heterocycles. The van der Waals surface area contributed by atoms with Gasteiger partial charge in [0, 0.05) is 30.2 Å². The Kier molecular flexibility index (Phi) is 8.91. The summed E-state index contributed by atoms with van der Waals surface area (Å²) in [5, 5.41) is 3.92. The first-order valence-electron chi connectivity index (χ1n) is 8.97. The Bertz CT molecular complexity index is 981. The number of piperidine rings is 1. The number of benzene rings is 2. The average molecular weight is 495 g/mol. The van der Waals surface area contributed by atoms with E-state index in [4.69, 9.17) is 38.0 Å². The molecule has 2 N–H and O–H groups in total. The Morgan fingerprint density at radius 2 is 1.80 bits per heavy atom. The molecule has 2 aromatic rings. The first kappa shape index (κ1) is 24.4. The zero-order chi connectivity index (χ0) is 20.9. The maximum absolute atomic E-state index is 12.5. The van der Waals surface area contributed by atoms with Crippen LogP contribution in [0.2, 0.25) is 10.0 Å². The molecule has 0 spiro atoms. The third-order valence-corrected chi connectivity index (χ3v) is 6.49. The lowest BCUT2D eigenvalue weighted by Gasteiger charge is -2.30. The molecule has 0 radical (unpaired) electrons. The highest BCUT2D eigenvalue weighted by atomic mass is 35.5. The number of nitrogens with two attached hydrogens (primary N) is 1. The maximum atomic E-state index is 12.5. The minimum Gasteiger partial charge on any atom is -0.493 e. The number of ether oxygens (including phenoxy) is 1. The van der Waals surface area contributed by atoms with Gasteiger partial charge in [0.25, 0.3) is 0 Å². The molecular formula is C19H22Cl3N3O4S. The van der Waals surface area contributed by atoms with Gasteiger partial charge in [-0.25, -0.2) is 0 Å². The molecule has 0 bridgehead atoms. The largest absolute Gasteiger partial charge is 0.493 e. The van der Waals surface area contributed by atoms with Crippen LogP contribution < -0.4 is 14.8 Å². The van der Waals surface area contributed by atoms with Crippen molar-refractivity contribution < 1.29 is 17.3 Å². The highest BCUT2D eigenvalue weighted by Gasteiger charge is 2.21. The van der Waals surface area contributed by atoms with E-state index >= 15 is 0 Å². The summed E-state index contributed by atoms with van der Waals surface area (Å²) >= 11 is 12.1. The molecule has 1 fully saturated rings. The van der Waals surface area contributed by atoms with E-state index in [1.807, 2.05) is 0 Å². The predicted molar refractivity (Wildman–Crippen MR) is 120 cm³/mol. The summed E-state index contributed by atoms with van der Waals surface area (Å²) in [6.45, 7) is 2.20. The molecule has 30 heavy (non-hydrogen) atoms. The van der Waals surface area contributed by atoms with Crippen LogP contribution in [0, 0.1) is 5.92 Å². The second-order valence-corrected chi connectivity index (χ2v) is 9.00. The third-order valence-electron chi connectivity index (χ3n) is 4.52. The van der Waals surface area contributed by atoms with Gasteiger partial charge in [-0.2, -0.15) is 13.5 Å². The Morgan fingerprint density at radius 3 is 2.47 bits per heavy atom. The van der Waals surface area contributed by atoms with Crippen LogP contribution in [0.15, 0.2) is 52.5 Å². The Labute approximate surface area is 192 Å². The van der Waals surface area contributed by atoms with Crippen molar-refractivity contribution in [3.63, 3.8) is 0 Å². The molecule has 0 aromatic heterocycles. The number of nitrogens with zero attached hydrogens (tertiary/aromatic N) is 2. The van der Waals surface area contributed by atoms with Crippen molar-refractivity contribution in [3.05, 3.63) is 52.5 Å². The quantitative estimate of drug-likeness (QED) is 0.204. The normalized spacial score (nSPS) is 15.1. The lowest BCUT2D eigenvalue weighted by Crippen LogP contribution is -2.34. The van der Waals surface area contributed by atoms with Gasteiger partial charge in [-0.1, -0.05) is 35.3 Å². The second-order valence-electron chi connectivity index (χ2n) is 6.65. The topological polar surface area (TPSA) is 94.2 Å². The lowest BCUT2D eigenvalue weighted by molar-refractivity contribution is 0.183. The van der Waals surface area contributed by atoms with Gasteiger partial charge in [-0.15, -0.1) is 12.4 Å². The summed E-state index contributed by atoms with van der Waals surface area (Å²) in [5.74, 6) is 6.04. The van der Waals surface area contributed by atoms with Gasteiger partial charge in [-0.3, -0.25) is 0 Å². The van der Waals surface area contributed by atoms with Crippen LogP contribution in [0.4, 0.5) is 0 Å². The smallest absolute Gasteiger partial charge is 0.340 e. The highest BCUT2D eigenvalue weighted by molar-refractivity contribution is 7.87. The van der Waals surface area contributed by atoms with Gasteiger partial charge in [0.15, 0.2) is 0 Å². The van der Waals surface area contributed by atoms with E-state index in [1.165, 1.54) is 24.3 Å². The molecule has 0 aliphatic carbocycles. The Hall–Kier alpha value is -1.87. The van der Waals surface area contributed by atoms with E-state index in [0.29, 0.717) is 23.3 Å². The zero-order valence-corrected chi connectivity index (χ0v) is 19.1. The molecule has 0 atom stereocenters. The molecule has 7 nitrogen and oxygen atoms in total. The van der Waals surface area contributed by atoms with Crippen LogP contribution in [-0.2, 0) is 10.1 Å². The van der Waals surface area contributed by atoms with E-state index < -0.39 is 10.1 Å². The molecule has 0 amide bonds. The SMILES string of the molecule is Cl.NN=CN1CCC(COc2cc(Cl)cc(OS(=O)(=O)c3ccccc3Cl)c2)CC1. The van der Waals surface area contributed by atoms with Crippen molar-refractivity contribution in [2.24, 2.45) is 16.9 Å². The molecule has 164 valence electrons. The third kappa shape index (κ3) is 6.57. The minimum atomic E-state index is -4.10. The first-order valence-corrected chi connectivity index (χ1v) is 11.1. The summed E-state index contributed by atoms with van der Waals surface area (Å²) in [7, 11) is -4.10. The summed E-state index contributed by atoms with van der Waals surface area (Å²) in [4.78, 5) is 1.94. The van der Waals surface area contributed by atoms with E-state index in [-0.39, 0.29) is 28.1 Å². The standard InChI is InChI=1S/C19H21Cl2N3O4S.ClH/c20-15-9-16(27-12-14-5-7-24(8-6-14)13-23-22)11-17(10-15)28-29(25,26)19-4-2-1-3-18(19)21;/h1-4,9-11,13-14H,5-8,12,22H2;1H. The highest BCUT2D eigenvalue weighted by Crippen LogP contribution is 2.30. The van der Waals surface area contributed by atoms with Crippen LogP contribution >= 0.6 is 35.6 Å². The van der Waals surface area contributed by atoms with Crippen LogP contribution in [0.25, 0.3) is 0 Å². The van der Waals surface area contributed by atoms with Crippen LogP contribution in [0.3, 0.4) is 0 Å². The summed E-state index contributed by atoms with van der Waals surface area (Å²) in [6.07, 6.45) is 3.52. The number of halogens is 3. The van der Waals surface area contributed by atoms with Crippen molar-refractivity contribution in [2.75, 3.05) is 19.7 Å². The molecule has 3 rings (SSSR count). The monoisotopic (exact) mass is 493 g/mol. The summed E-state index contributed by atoms with van der Waals surface area (Å²) in [6, 6.07) is 10.6. The molecular weight excluding hydrogens is 473 g/mol. The molecule has 1 aliphatic heterocycles. The van der Waals surface area contributed by atoms with Crippen molar-refractivity contribution in [1.29, 1.82) is 0 Å². The van der Waals surface area contributed by atoms with Gasteiger partial charge in [0.1, 0.15) is 22.7 Å². The number of rotatable bonds is 7. The molecule has 0 unspecified atom stereocenters. The molecule has 11 heteroatoms. The number of hydrogen-bond donors (Lipinski definition) is 1. The molecule has 1 saturated heterocycles. The van der Waals surface area contributed by atoms with Gasteiger partial charge in [0.05, 0.1) is 11.6 Å². The number of likely N-dealkylation sites (tertiary alicyclic amines) is 1. The lowest BCUT2D eigenvalue weighted by atomic mass is 9.98. The van der Waals surface area contributed by atoms with Crippen LogP contribution in [-0.4, -0.2) is 39.4 Å². The van der Waals surface area contributed by atoms with Gasteiger partial charge < -0.3 is 19.7 Å².